The first-order valence-electron chi connectivity index (χ1n) is 9.58. The second-order valence-electron chi connectivity index (χ2n) is 7.16. The first-order valence-corrected chi connectivity index (χ1v) is 9.58. The number of carbonyl (C=O) groups is 1. The number of anilines is 1. The second-order valence-corrected chi connectivity index (χ2v) is 7.16. The third-order valence-corrected chi connectivity index (χ3v) is 4.99. The molecule has 1 aliphatic heterocycles. The Morgan fingerprint density at radius 3 is 2.66 bits per heavy atom. The van der Waals surface area contributed by atoms with E-state index < -0.39 is 42.7 Å². The summed E-state index contributed by atoms with van der Waals surface area (Å²) >= 11 is 0. The summed E-state index contributed by atoms with van der Waals surface area (Å²) < 4.78 is 62.5. The quantitative estimate of drug-likeness (QED) is 0.536. The monoisotopic (exact) mass is 451 g/mol. The molecule has 2 aromatic carbocycles. The molecule has 1 saturated heterocycles. The first-order chi connectivity index (χ1) is 15.3. The molecular formula is C21H17F4N3O4. The summed E-state index contributed by atoms with van der Waals surface area (Å²) in [6, 6.07) is 10.2. The highest BCUT2D eigenvalue weighted by molar-refractivity contribution is 5.75. The van der Waals surface area contributed by atoms with Gasteiger partial charge in [0.2, 0.25) is 5.82 Å². The van der Waals surface area contributed by atoms with Gasteiger partial charge in [-0.3, -0.25) is 4.79 Å². The van der Waals surface area contributed by atoms with Crippen molar-refractivity contribution < 1.29 is 36.7 Å². The van der Waals surface area contributed by atoms with E-state index in [1.807, 2.05) is 11.0 Å². The lowest BCUT2D eigenvalue weighted by Gasteiger charge is -2.38. The van der Waals surface area contributed by atoms with Crippen molar-refractivity contribution in [2.75, 3.05) is 31.3 Å². The smallest absolute Gasteiger partial charge is 0.419 e. The number of halogens is 4. The van der Waals surface area contributed by atoms with Gasteiger partial charge in [-0.1, -0.05) is 17.3 Å². The topological polar surface area (TPSA) is 88.7 Å². The Hall–Kier alpha value is -3.63. The summed E-state index contributed by atoms with van der Waals surface area (Å²) in [6.07, 6.45) is -4.72. The molecule has 168 valence electrons. The first kappa shape index (κ1) is 21.6. The Morgan fingerprint density at radius 2 is 1.97 bits per heavy atom. The number of alkyl halides is 4. The minimum absolute atomic E-state index is 0.0341. The van der Waals surface area contributed by atoms with Crippen LogP contribution < -0.4 is 9.64 Å². The molecule has 11 heteroatoms. The molecule has 0 unspecified atom stereocenters. The Balaban J connectivity index is 1.58. The number of hydrogen-bond acceptors (Lipinski definition) is 6. The van der Waals surface area contributed by atoms with E-state index in [1.54, 1.807) is 18.2 Å². The molecule has 1 N–H and O–H groups in total. The van der Waals surface area contributed by atoms with Crippen molar-refractivity contribution in [3.63, 3.8) is 0 Å². The maximum atomic E-state index is 13.4. The number of nitrogens with zero attached hydrogens (tertiary/aromatic N) is 3. The van der Waals surface area contributed by atoms with Gasteiger partial charge in [-0.05, 0) is 30.3 Å². The number of rotatable bonds is 7. The number of carboxylic acid groups (broad SMARTS) is 1. The van der Waals surface area contributed by atoms with Gasteiger partial charge in [0.1, 0.15) is 19.0 Å². The normalized spacial score (nSPS) is 14.3. The van der Waals surface area contributed by atoms with Crippen molar-refractivity contribution in [1.29, 1.82) is 0 Å². The Kier molecular flexibility index (Phi) is 5.72. The molecule has 0 atom stereocenters. The van der Waals surface area contributed by atoms with Crippen LogP contribution in [0.2, 0.25) is 0 Å². The molecule has 7 nitrogen and oxygen atoms in total. The van der Waals surface area contributed by atoms with E-state index >= 15 is 0 Å². The van der Waals surface area contributed by atoms with Gasteiger partial charge in [-0.2, -0.15) is 18.2 Å². The molecule has 3 aromatic rings. The standard InChI is InChI=1S/C21H17F4N3O4/c22-6-7-31-17-5-4-13(9-16(17)21(23,24)25)19-26-18(27-32-19)12-2-1-3-15(8-12)28-10-14(11-28)20(29)30/h1-5,8-9,14H,6-7,10-11H2,(H,29,30). The number of aromatic nitrogens is 2. The summed E-state index contributed by atoms with van der Waals surface area (Å²) in [5.41, 5.74) is 0.304. The van der Waals surface area contributed by atoms with Crippen LogP contribution in [0.25, 0.3) is 22.8 Å². The van der Waals surface area contributed by atoms with Crippen molar-refractivity contribution in [3.05, 3.63) is 48.0 Å². The van der Waals surface area contributed by atoms with Gasteiger partial charge in [0.05, 0.1) is 11.5 Å². The van der Waals surface area contributed by atoms with E-state index in [2.05, 4.69) is 10.1 Å². The number of benzene rings is 2. The maximum absolute atomic E-state index is 13.4. The molecule has 1 aliphatic rings. The average molecular weight is 451 g/mol. The van der Waals surface area contributed by atoms with Gasteiger partial charge in [0, 0.05) is 29.9 Å². The van der Waals surface area contributed by atoms with Gasteiger partial charge in [0.25, 0.3) is 5.89 Å². The third kappa shape index (κ3) is 4.36. The molecule has 0 radical (unpaired) electrons. The number of aliphatic carboxylic acids is 1. The molecule has 0 saturated carbocycles. The molecule has 0 amide bonds. The number of hydrogen-bond donors (Lipinski definition) is 1. The second kappa shape index (κ2) is 8.48. The highest BCUT2D eigenvalue weighted by atomic mass is 19.4. The minimum atomic E-state index is -4.72. The van der Waals surface area contributed by atoms with E-state index in [1.165, 1.54) is 6.07 Å². The van der Waals surface area contributed by atoms with E-state index in [-0.39, 0.29) is 17.3 Å². The fourth-order valence-electron chi connectivity index (χ4n) is 3.30. The molecule has 32 heavy (non-hydrogen) atoms. The van der Waals surface area contributed by atoms with E-state index in [9.17, 15) is 22.4 Å². The third-order valence-electron chi connectivity index (χ3n) is 4.99. The lowest BCUT2D eigenvalue weighted by Crippen LogP contribution is -2.50. The SMILES string of the molecule is O=C(O)C1CN(c2cccc(-c3noc(-c4ccc(OCCF)c(C(F)(F)F)c4)n3)c2)C1. The van der Waals surface area contributed by atoms with Crippen LogP contribution in [0.4, 0.5) is 23.2 Å². The van der Waals surface area contributed by atoms with Gasteiger partial charge >= 0.3 is 12.1 Å². The largest absolute Gasteiger partial charge is 0.490 e. The average Bonchev–Trinajstić information content (AvgIpc) is 3.20. The number of carboxylic acids is 1. The van der Waals surface area contributed by atoms with Crippen molar-refractivity contribution in [2.24, 2.45) is 5.92 Å². The van der Waals surface area contributed by atoms with E-state index in [4.69, 9.17) is 14.4 Å². The molecule has 2 heterocycles. The van der Waals surface area contributed by atoms with Crippen LogP contribution in [0.3, 0.4) is 0 Å². The summed E-state index contributed by atoms with van der Waals surface area (Å²) in [5.74, 6) is -1.71. The zero-order valence-electron chi connectivity index (χ0n) is 16.5. The van der Waals surface area contributed by atoms with Gasteiger partial charge < -0.3 is 19.3 Å². The maximum Gasteiger partial charge on any atom is 0.419 e. The predicted molar refractivity (Wildman–Crippen MR) is 105 cm³/mol. The summed E-state index contributed by atoms with van der Waals surface area (Å²) in [5, 5.41) is 12.9. The molecule has 4 rings (SSSR count). The Labute approximate surface area is 179 Å². The van der Waals surface area contributed by atoms with Crippen LogP contribution in [0.15, 0.2) is 47.0 Å². The molecule has 1 aromatic heterocycles. The van der Waals surface area contributed by atoms with Crippen LogP contribution in [-0.4, -0.2) is 47.6 Å². The van der Waals surface area contributed by atoms with Crippen LogP contribution in [0.5, 0.6) is 5.75 Å². The fraction of sp³-hybridized carbons (Fsp3) is 0.286. The molecule has 0 aliphatic carbocycles. The van der Waals surface area contributed by atoms with Gasteiger partial charge in [-0.15, -0.1) is 0 Å². The van der Waals surface area contributed by atoms with E-state index in [0.717, 1.165) is 17.8 Å². The highest BCUT2D eigenvalue weighted by Crippen LogP contribution is 2.39. The number of ether oxygens (including phenoxy) is 1. The predicted octanol–water partition coefficient (Wildman–Crippen LogP) is 4.29. The summed E-state index contributed by atoms with van der Waals surface area (Å²) in [7, 11) is 0. The Bertz CT molecular complexity index is 1130. The minimum Gasteiger partial charge on any atom is -0.490 e. The van der Waals surface area contributed by atoms with Crippen molar-refractivity contribution in [2.45, 2.75) is 6.18 Å². The van der Waals surface area contributed by atoms with Crippen LogP contribution >= 0.6 is 0 Å². The van der Waals surface area contributed by atoms with Gasteiger partial charge in [0.15, 0.2) is 0 Å². The zero-order chi connectivity index (χ0) is 22.9. The fourth-order valence-corrected chi connectivity index (χ4v) is 3.30. The molecule has 0 spiro atoms. The summed E-state index contributed by atoms with van der Waals surface area (Å²) in [4.78, 5) is 17.1. The lowest BCUT2D eigenvalue weighted by molar-refractivity contribution is -0.142. The van der Waals surface area contributed by atoms with Crippen molar-refractivity contribution >= 4 is 11.7 Å². The van der Waals surface area contributed by atoms with Gasteiger partial charge in [-0.25, -0.2) is 4.39 Å². The lowest BCUT2D eigenvalue weighted by atomic mass is 9.99. The van der Waals surface area contributed by atoms with Crippen LogP contribution in [-0.2, 0) is 11.0 Å². The molecular weight excluding hydrogens is 434 g/mol. The Morgan fingerprint density at radius 1 is 1.19 bits per heavy atom. The van der Waals surface area contributed by atoms with Crippen molar-refractivity contribution in [3.8, 4) is 28.6 Å². The zero-order valence-corrected chi connectivity index (χ0v) is 16.5. The highest BCUT2D eigenvalue weighted by Gasteiger charge is 2.35. The van der Waals surface area contributed by atoms with Crippen LogP contribution in [0, 0.1) is 5.92 Å². The van der Waals surface area contributed by atoms with E-state index in [0.29, 0.717) is 18.7 Å². The summed E-state index contributed by atoms with van der Waals surface area (Å²) in [6.45, 7) is -0.645. The van der Waals surface area contributed by atoms with Crippen molar-refractivity contribution in [1.82, 2.24) is 10.1 Å². The molecule has 1 fully saturated rings. The molecule has 0 bridgehead atoms. The van der Waals surface area contributed by atoms with Crippen LogP contribution in [0.1, 0.15) is 5.56 Å².